The van der Waals surface area contributed by atoms with E-state index in [1.807, 2.05) is 0 Å². The fourth-order valence-electron chi connectivity index (χ4n) is 2.87. The molecule has 2 heterocycles. The summed E-state index contributed by atoms with van der Waals surface area (Å²) in [6.45, 7) is 4.89. The van der Waals surface area contributed by atoms with Crippen LogP contribution in [0, 0.1) is 5.82 Å². The number of hydrogen-bond donors (Lipinski definition) is 0. The largest absolute Gasteiger partial charge is 0.299 e. The van der Waals surface area contributed by atoms with Crippen LogP contribution in [0.2, 0.25) is 0 Å². The molecule has 1 aliphatic rings. The van der Waals surface area contributed by atoms with Gasteiger partial charge in [0.2, 0.25) is 0 Å². The van der Waals surface area contributed by atoms with Crippen molar-refractivity contribution in [1.82, 2.24) is 14.5 Å². The minimum Gasteiger partial charge on any atom is -0.299 e. The Bertz CT molecular complexity index is 676. The first kappa shape index (κ1) is 13.2. The zero-order valence-corrected chi connectivity index (χ0v) is 11.6. The molecule has 0 radical (unpaired) electrons. The van der Waals surface area contributed by atoms with Crippen LogP contribution in [-0.2, 0) is 6.54 Å². The molecule has 1 saturated heterocycles. The van der Waals surface area contributed by atoms with Crippen LogP contribution in [0.4, 0.5) is 4.39 Å². The summed E-state index contributed by atoms with van der Waals surface area (Å²) in [5, 5.41) is 0.348. The molecule has 5 heteroatoms. The van der Waals surface area contributed by atoms with Crippen LogP contribution >= 0.6 is 0 Å². The van der Waals surface area contributed by atoms with E-state index in [4.69, 9.17) is 0 Å². The summed E-state index contributed by atoms with van der Waals surface area (Å²) in [7, 11) is 0. The van der Waals surface area contributed by atoms with Crippen LogP contribution in [0.15, 0.2) is 29.3 Å². The molecule has 0 amide bonds. The van der Waals surface area contributed by atoms with Gasteiger partial charge in [0.05, 0.1) is 11.7 Å². The number of fused-ring (bicyclic) bond motifs is 1. The number of hydrogen-bond acceptors (Lipinski definition) is 3. The van der Waals surface area contributed by atoms with Gasteiger partial charge in [0.25, 0.3) is 5.56 Å². The highest BCUT2D eigenvalue weighted by molar-refractivity contribution is 5.77. The number of benzene rings is 1. The molecule has 0 unspecified atom stereocenters. The fraction of sp³-hybridized carbons (Fsp3) is 0.467. The van der Waals surface area contributed by atoms with Gasteiger partial charge in [-0.05, 0) is 45.0 Å². The quantitative estimate of drug-likeness (QED) is 0.860. The Morgan fingerprint density at radius 2 is 2.10 bits per heavy atom. The second-order valence-electron chi connectivity index (χ2n) is 5.43. The average Bonchev–Trinajstić information content (AvgIpc) is 2.97. The summed E-state index contributed by atoms with van der Waals surface area (Å²) < 4.78 is 15.2. The van der Waals surface area contributed by atoms with Crippen molar-refractivity contribution in [3.63, 3.8) is 0 Å². The van der Waals surface area contributed by atoms with Gasteiger partial charge in [-0.25, -0.2) is 9.37 Å². The summed E-state index contributed by atoms with van der Waals surface area (Å²) in [4.78, 5) is 18.8. The van der Waals surface area contributed by atoms with Crippen molar-refractivity contribution in [1.29, 1.82) is 0 Å². The van der Waals surface area contributed by atoms with Crippen molar-refractivity contribution in [3.8, 4) is 0 Å². The Morgan fingerprint density at radius 3 is 2.85 bits per heavy atom. The molecule has 2 aromatic rings. The number of rotatable bonds is 3. The van der Waals surface area contributed by atoms with Crippen LogP contribution in [0.1, 0.15) is 19.8 Å². The van der Waals surface area contributed by atoms with Crippen LogP contribution < -0.4 is 5.56 Å². The molecule has 4 nitrogen and oxygen atoms in total. The molecular formula is C15H18FN3O. The molecule has 1 aromatic heterocycles. The molecule has 1 aliphatic heterocycles. The smallest absolute Gasteiger partial charge is 0.261 e. The fourth-order valence-corrected chi connectivity index (χ4v) is 2.87. The summed E-state index contributed by atoms with van der Waals surface area (Å²) in [6, 6.07) is 4.80. The topological polar surface area (TPSA) is 38.1 Å². The third kappa shape index (κ3) is 2.33. The van der Waals surface area contributed by atoms with Gasteiger partial charge in [0.15, 0.2) is 0 Å². The van der Waals surface area contributed by atoms with Gasteiger partial charge < -0.3 is 0 Å². The van der Waals surface area contributed by atoms with Crippen molar-refractivity contribution < 1.29 is 4.39 Å². The van der Waals surface area contributed by atoms with Crippen molar-refractivity contribution in [2.75, 3.05) is 13.1 Å². The van der Waals surface area contributed by atoms with Crippen molar-refractivity contribution >= 4 is 10.9 Å². The van der Waals surface area contributed by atoms with Crippen LogP contribution in [0.25, 0.3) is 10.9 Å². The maximum absolute atomic E-state index is 13.6. The van der Waals surface area contributed by atoms with Gasteiger partial charge in [-0.1, -0.05) is 6.07 Å². The SMILES string of the molecule is C[C@@H](Cn1cnc2c(F)cccc2c1=O)N1CCCC1. The molecule has 3 rings (SSSR count). The first-order chi connectivity index (χ1) is 9.66. The van der Waals surface area contributed by atoms with Crippen LogP contribution in [-0.4, -0.2) is 33.6 Å². The molecule has 0 bridgehead atoms. The highest BCUT2D eigenvalue weighted by Gasteiger charge is 2.19. The maximum Gasteiger partial charge on any atom is 0.261 e. The Hall–Kier alpha value is -1.75. The summed E-state index contributed by atoms with van der Waals surface area (Å²) in [5.41, 5.74) is -0.0110. The van der Waals surface area contributed by atoms with Crippen LogP contribution in [0.5, 0.6) is 0 Å². The third-order valence-corrected chi connectivity index (χ3v) is 4.03. The van der Waals surface area contributed by atoms with E-state index in [0.717, 1.165) is 13.1 Å². The Labute approximate surface area is 116 Å². The lowest BCUT2D eigenvalue weighted by Crippen LogP contribution is -2.36. The molecule has 1 aromatic carbocycles. The predicted molar refractivity (Wildman–Crippen MR) is 76.2 cm³/mol. The van der Waals surface area contributed by atoms with E-state index in [1.54, 1.807) is 16.7 Å². The lowest BCUT2D eigenvalue weighted by atomic mass is 10.2. The van der Waals surface area contributed by atoms with E-state index < -0.39 is 5.82 Å². The van der Waals surface area contributed by atoms with Gasteiger partial charge in [-0.15, -0.1) is 0 Å². The standard InChI is InChI=1S/C15H18FN3O/c1-11(18-7-2-3-8-18)9-19-10-17-14-12(15(19)20)5-4-6-13(14)16/h4-6,10-11H,2-3,7-9H2,1H3/t11-/m0/s1. The number of likely N-dealkylation sites (tertiary alicyclic amines) is 1. The van der Waals surface area contributed by atoms with Crippen LogP contribution in [0.3, 0.4) is 0 Å². The second-order valence-corrected chi connectivity index (χ2v) is 5.43. The molecule has 1 atom stereocenters. The van der Waals surface area contributed by atoms with Gasteiger partial charge in [-0.3, -0.25) is 14.3 Å². The molecule has 106 valence electrons. The van der Waals surface area contributed by atoms with Crippen molar-refractivity contribution in [2.45, 2.75) is 32.4 Å². The van der Waals surface area contributed by atoms with Gasteiger partial charge >= 0.3 is 0 Å². The first-order valence-electron chi connectivity index (χ1n) is 7.04. The molecule has 0 spiro atoms. The van der Waals surface area contributed by atoms with E-state index in [-0.39, 0.29) is 11.1 Å². The highest BCUT2D eigenvalue weighted by Crippen LogP contribution is 2.14. The van der Waals surface area contributed by atoms with E-state index in [1.165, 1.54) is 25.2 Å². The zero-order chi connectivity index (χ0) is 14.1. The van der Waals surface area contributed by atoms with Crippen molar-refractivity contribution in [2.24, 2.45) is 0 Å². The van der Waals surface area contributed by atoms with E-state index in [9.17, 15) is 9.18 Å². The Morgan fingerprint density at radius 1 is 1.35 bits per heavy atom. The molecule has 20 heavy (non-hydrogen) atoms. The molecule has 0 saturated carbocycles. The van der Waals surface area contributed by atoms with Gasteiger partial charge in [-0.2, -0.15) is 0 Å². The number of aromatic nitrogens is 2. The van der Waals surface area contributed by atoms with Gasteiger partial charge in [0.1, 0.15) is 11.3 Å². The average molecular weight is 275 g/mol. The lowest BCUT2D eigenvalue weighted by molar-refractivity contribution is 0.234. The third-order valence-electron chi connectivity index (χ3n) is 4.03. The zero-order valence-electron chi connectivity index (χ0n) is 11.6. The lowest BCUT2D eigenvalue weighted by Gasteiger charge is -2.24. The monoisotopic (exact) mass is 275 g/mol. The highest BCUT2D eigenvalue weighted by atomic mass is 19.1. The molecule has 1 fully saturated rings. The maximum atomic E-state index is 13.6. The summed E-state index contributed by atoms with van der Waals surface area (Å²) in [6.07, 6.45) is 3.90. The molecule has 0 N–H and O–H groups in total. The van der Waals surface area contributed by atoms with E-state index in [0.29, 0.717) is 18.0 Å². The number of para-hydroxylation sites is 1. The Balaban J connectivity index is 1.92. The second kappa shape index (κ2) is 5.32. The Kier molecular flexibility index (Phi) is 3.53. The molecule has 0 aliphatic carbocycles. The minimum atomic E-state index is -0.445. The van der Waals surface area contributed by atoms with E-state index in [2.05, 4.69) is 16.8 Å². The van der Waals surface area contributed by atoms with Crippen molar-refractivity contribution in [3.05, 3.63) is 40.7 Å². The first-order valence-corrected chi connectivity index (χ1v) is 7.04. The van der Waals surface area contributed by atoms with E-state index >= 15 is 0 Å². The number of halogens is 1. The number of nitrogens with zero attached hydrogens (tertiary/aromatic N) is 3. The predicted octanol–water partition coefficient (Wildman–Crippen LogP) is 2.02. The molecular weight excluding hydrogens is 257 g/mol. The normalized spacial score (nSPS) is 17.7. The summed E-state index contributed by atoms with van der Waals surface area (Å²) >= 11 is 0. The summed E-state index contributed by atoms with van der Waals surface area (Å²) in [5.74, 6) is -0.445. The minimum absolute atomic E-state index is 0.155. The van der Waals surface area contributed by atoms with Gasteiger partial charge in [0, 0.05) is 12.6 Å².